The first-order chi connectivity index (χ1) is 9.81. The van der Waals surface area contributed by atoms with E-state index in [-0.39, 0.29) is 0 Å². The lowest BCUT2D eigenvalue weighted by Gasteiger charge is -2.38. The number of benzene rings is 1. The van der Waals surface area contributed by atoms with Gasteiger partial charge in [-0.05, 0) is 43.7 Å². The maximum atomic E-state index is 5.99. The number of anilines is 1. The lowest BCUT2D eigenvalue weighted by atomic mass is 9.86. The summed E-state index contributed by atoms with van der Waals surface area (Å²) in [5, 5.41) is 0. The first-order valence-corrected chi connectivity index (χ1v) is 8.09. The zero-order valence-electron chi connectivity index (χ0n) is 12.4. The highest BCUT2D eigenvalue weighted by Gasteiger charge is 2.23. The van der Waals surface area contributed by atoms with Gasteiger partial charge in [0, 0.05) is 44.5 Å². The fourth-order valence-corrected chi connectivity index (χ4v) is 3.56. The van der Waals surface area contributed by atoms with Crippen LogP contribution in [0.3, 0.4) is 0 Å². The maximum Gasteiger partial charge on any atom is 0.0367 e. The largest absolute Gasteiger partial charge is 0.369 e. The first-order valence-electron chi connectivity index (χ1n) is 8.09. The summed E-state index contributed by atoms with van der Waals surface area (Å²) >= 11 is 0. The van der Waals surface area contributed by atoms with Crippen molar-refractivity contribution in [3.8, 4) is 0 Å². The second-order valence-electron chi connectivity index (χ2n) is 6.40. The van der Waals surface area contributed by atoms with Gasteiger partial charge in [0.15, 0.2) is 0 Å². The van der Waals surface area contributed by atoms with E-state index < -0.39 is 0 Å². The van der Waals surface area contributed by atoms with Gasteiger partial charge in [-0.2, -0.15) is 0 Å². The minimum Gasteiger partial charge on any atom is -0.369 e. The van der Waals surface area contributed by atoms with Crippen molar-refractivity contribution in [2.75, 3.05) is 37.6 Å². The molecule has 1 heterocycles. The van der Waals surface area contributed by atoms with E-state index in [9.17, 15) is 0 Å². The molecule has 0 spiro atoms. The van der Waals surface area contributed by atoms with E-state index in [1.807, 2.05) is 0 Å². The van der Waals surface area contributed by atoms with Crippen LogP contribution in [0.1, 0.15) is 25.7 Å². The predicted octanol–water partition coefficient (Wildman–Crippen LogP) is 2.33. The van der Waals surface area contributed by atoms with Crippen molar-refractivity contribution in [2.24, 2.45) is 11.7 Å². The highest BCUT2D eigenvalue weighted by molar-refractivity contribution is 5.46. The number of rotatable bonds is 3. The number of para-hydroxylation sites is 1. The van der Waals surface area contributed by atoms with Gasteiger partial charge in [-0.25, -0.2) is 0 Å². The van der Waals surface area contributed by atoms with Crippen molar-refractivity contribution < 1.29 is 0 Å². The molecule has 3 rings (SSSR count). The fourth-order valence-electron chi connectivity index (χ4n) is 3.56. The Balaban J connectivity index is 1.44. The maximum absolute atomic E-state index is 5.99. The van der Waals surface area contributed by atoms with E-state index in [1.165, 1.54) is 51.0 Å². The highest BCUT2D eigenvalue weighted by atomic mass is 15.3. The monoisotopic (exact) mass is 273 g/mol. The third-order valence-corrected chi connectivity index (χ3v) is 4.90. The standard InChI is InChI=1S/C17H27N3/c18-16-8-6-15(7-9-16)14-19-10-12-20(13-11-19)17-4-2-1-3-5-17/h1-5,15-16H,6-14,18H2. The number of piperazine rings is 1. The summed E-state index contributed by atoms with van der Waals surface area (Å²) in [5.41, 5.74) is 7.36. The van der Waals surface area contributed by atoms with E-state index in [2.05, 4.69) is 40.1 Å². The van der Waals surface area contributed by atoms with Gasteiger partial charge in [-0.15, -0.1) is 0 Å². The molecule has 0 atom stereocenters. The zero-order valence-corrected chi connectivity index (χ0v) is 12.4. The molecule has 2 aliphatic rings. The molecule has 3 nitrogen and oxygen atoms in total. The second-order valence-corrected chi connectivity index (χ2v) is 6.40. The molecule has 0 radical (unpaired) electrons. The Morgan fingerprint density at radius 3 is 2.20 bits per heavy atom. The van der Waals surface area contributed by atoms with Crippen LogP contribution in [0.4, 0.5) is 5.69 Å². The lowest BCUT2D eigenvalue weighted by Crippen LogP contribution is -2.48. The Kier molecular flexibility index (Phi) is 4.58. The predicted molar refractivity (Wildman–Crippen MR) is 85.0 cm³/mol. The van der Waals surface area contributed by atoms with Gasteiger partial charge >= 0.3 is 0 Å². The Morgan fingerprint density at radius 1 is 0.900 bits per heavy atom. The van der Waals surface area contributed by atoms with E-state index in [0.717, 1.165) is 19.0 Å². The minimum atomic E-state index is 0.473. The third kappa shape index (κ3) is 3.53. The zero-order chi connectivity index (χ0) is 13.8. The van der Waals surface area contributed by atoms with Gasteiger partial charge in [0.2, 0.25) is 0 Å². The molecule has 2 N–H and O–H groups in total. The average molecular weight is 273 g/mol. The molecule has 1 aliphatic carbocycles. The molecule has 1 saturated carbocycles. The van der Waals surface area contributed by atoms with Crippen LogP contribution in [-0.4, -0.2) is 43.7 Å². The van der Waals surface area contributed by atoms with Crippen molar-refractivity contribution in [1.29, 1.82) is 0 Å². The minimum absolute atomic E-state index is 0.473. The van der Waals surface area contributed by atoms with Crippen LogP contribution in [-0.2, 0) is 0 Å². The Labute approximate surface area is 122 Å². The van der Waals surface area contributed by atoms with Crippen LogP contribution in [0.15, 0.2) is 30.3 Å². The second kappa shape index (κ2) is 6.59. The Hall–Kier alpha value is -1.06. The van der Waals surface area contributed by atoms with Crippen LogP contribution in [0.25, 0.3) is 0 Å². The average Bonchev–Trinajstić information content (AvgIpc) is 2.51. The van der Waals surface area contributed by atoms with Crippen LogP contribution in [0.2, 0.25) is 0 Å². The molecular weight excluding hydrogens is 246 g/mol. The summed E-state index contributed by atoms with van der Waals surface area (Å²) in [5.74, 6) is 0.887. The van der Waals surface area contributed by atoms with Crippen molar-refractivity contribution in [3.05, 3.63) is 30.3 Å². The molecule has 0 amide bonds. The molecule has 1 saturated heterocycles. The molecule has 0 bridgehead atoms. The van der Waals surface area contributed by atoms with E-state index in [4.69, 9.17) is 5.73 Å². The number of hydrogen-bond donors (Lipinski definition) is 1. The smallest absolute Gasteiger partial charge is 0.0367 e. The number of hydrogen-bond acceptors (Lipinski definition) is 3. The van der Waals surface area contributed by atoms with Crippen molar-refractivity contribution in [1.82, 2.24) is 4.90 Å². The van der Waals surface area contributed by atoms with Gasteiger partial charge in [-0.1, -0.05) is 18.2 Å². The molecule has 0 unspecified atom stereocenters. The molecule has 1 aromatic carbocycles. The molecule has 1 aromatic rings. The van der Waals surface area contributed by atoms with Gasteiger partial charge in [0.25, 0.3) is 0 Å². The summed E-state index contributed by atoms with van der Waals surface area (Å²) in [7, 11) is 0. The van der Waals surface area contributed by atoms with Gasteiger partial charge in [0.05, 0.1) is 0 Å². The van der Waals surface area contributed by atoms with Crippen molar-refractivity contribution >= 4 is 5.69 Å². The van der Waals surface area contributed by atoms with E-state index in [0.29, 0.717) is 6.04 Å². The van der Waals surface area contributed by atoms with Gasteiger partial charge in [-0.3, -0.25) is 4.90 Å². The van der Waals surface area contributed by atoms with E-state index in [1.54, 1.807) is 0 Å². The molecule has 0 aromatic heterocycles. The fraction of sp³-hybridized carbons (Fsp3) is 0.647. The topological polar surface area (TPSA) is 32.5 Å². The summed E-state index contributed by atoms with van der Waals surface area (Å²) < 4.78 is 0. The highest BCUT2D eigenvalue weighted by Crippen LogP contribution is 2.25. The quantitative estimate of drug-likeness (QED) is 0.917. The van der Waals surface area contributed by atoms with E-state index >= 15 is 0 Å². The van der Waals surface area contributed by atoms with Crippen LogP contribution in [0.5, 0.6) is 0 Å². The molecule has 1 aliphatic heterocycles. The lowest BCUT2D eigenvalue weighted by molar-refractivity contribution is 0.186. The van der Waals surface area contributed by atoms with Crippen LogP contribution < -0.4 is 10.6 Å². The third-order valence-electron chi connectivity index (χ3n) is 4.90. The van der Waals surface area contributed by atoms with Crippen LogP contribution >= 0.6 is 0 Å². The van der Waals surface area contributed by atoms with Crippen LogP contribution in [0, 0.1) is 5.92 Å². The summed E-state index contributed by atoms with van der Waals surface area (Å²) in [6.45, 7) is 6.02. The normalized spacial score (nSPS) is 28.6. The SMILES string of the molecule is NC1CCC(CN2CCN(c3ccccc3)CC2)CC1. The van der Waals surface area contributed by atoms with Crippen molar-refractivity contribution in [3.63, 3.8) is 0 Å². The molecule has 3 heteroatoms. The number of nitrogens with two attached hydrogens (primary N) is 1. The van der Waals surface area contributed by atoms with Crippen molar-refractivity contribution in [2.45, 2.75) is 31.7 Å². The number of nitrogens with zero attached hydrogens (tertiary/aromatic N) is 2. The Morgan fingerprint density at radius 2 is 1.55 bits per heavy atom. The van der Waals surface area contributed by atoms with Gasteiger partial charge < -0.3 is 10.6 Å². The summed E-state index contributed by atoms with van der Waals surface area (Å²) in [6, 6.07) is 11.3. The summed E-state index contributed by atoms with van der Waals surface area (Å²) in [6.07, 6.45) is 5.13. The van der Waals surface area contributed by atoms with Gasteiger partial charge in [0.1, 0.15) is 0 Å². The summed E-state index contributed by atoms with van der Waals surface area (Å²) in [4.78, 5) is 5.16. The molecular formula is C17H27N3. The first kappa shape index (κ1) is 13.9. The Bertz CT molecular complexity index is 390. The molecule has 110 valence electrons. The molecule has 20 heavy (non-hydrogen) atoms. The molecule has 2 fully saturated rings.